The van der Waals surface area contributed by atoms with Crippen LogP contribution >= 0.6 is 0 Å². The van der Waals surface area contributed by atoms with Crippen LogP contribution in [0.2, 0.25) is 0 Å². The molecule has 3 nitrogen and oxygen atoms in total. The second-order valence-electron chi connectivity index (χ2n) is 18.8. The minimum absolute atomic E-state index is 0.686. The number of nitrogens with zero attached hydrogens (tertiary/aromatic N) is 2. The third-order valence-corrected chi connectivity index (χ3v) is 14.9. The highest BCUT2D eigenvalue weighted by molar-refractivity contribution is 6.05. The van der Waals surface area contributed by atoms with E-state index in [1.807, 2.05) is 0 Å². The zero-order chi connectivity index (χ0) is 47.6. The molecule has 1 heterocycles. The van der Waals surface area contributed by atoms with Crippen LogP contribution in [-0.2, 0) is 5.41 Å². The Morgan fingerprint density at radius 2 is 0.625 bits per heavy atom. The van der Waals surface area contributed by atoms with Crippen molar-refractivity contribution in [3.63, 3.8) is 0 Å². The molecule has 0 N–H and O–H groups in total. The topological polar surface area (TPSA) is 19.6 Å². The summed E-state index contributed by atoms with van der Waals surface area (Å²) in [5.41, 5.74) is 22.5. The maximum atomic E-state index is 7.21. The van der Waals surface area contributed by atoms with Crippen LogP contribution in [0.4, 0.5) is 34.1 Å². The van der Waals surface area contributed by atoms with Gasteiger partial charge in [-0.2, -0.15) is 0 Å². The van der Waals surface area contributed by atoms with E-state index in [9.17, 15) is 0 Å². The standard InChI is InChI=1S/C69H46N2O/c1-5-17-47(18-6-1)48-29-37-57(38-30-48)71(55-23-11-4-12-24-55)58-41-33-50(34-42-58)52-36-44-61-65(46-52)69(68-67(61)62-26-14-16-28-66(62)72-68)63-27-15-13-25-59(63)60-43-35-51(45-64(60)69)49-31-39-56(40-32-49)70(53-19-7-2-8-20-53)54-21-9-3-10-22-54/h1-46H. The lowest BCUT2D eigenvalue weighted by Gasteiger charge is -2.29. The number of hydrogen-bond donors (Lipinski definition) is 0. The van der Waals surface area contributed by atoms with E-state index < -0.39 is 5.41 Å². The predicted molar refractivity (Wildman–Crippen MR) is 298 cm³/mol. The Labute approximate surface area is 419 Å². The average Bonchev–Trinajstić information content (AvgIpc) is 4.08. The summed E-state index contributed by atoms with van der Waals surface area (Å²) in [5, 5.41) is 1.14. The van der Waals surface area contributed by atoms with E-state index in [1.165, 1.54) is 50.1 Å². The van der Waals surface area contributed by atoms with Crippen LogP contribution in [0.3, 0.4) is 0 Å². The van der Waals surface area contributed by atoms with E-state index >= 15 is 0 Å². The Morgan fingerprint density at radius 3 is 1.15 bits per heavy atom. The van der Waals surface area contributed by atoms with Crippen LogP contribution in [0.5, 0.6) is 0 Å². The monoisotopic (exact) mass is 918 g/mol. The number of benzene rings is 11. The lowest BCUT2D eigenvalue weighted by Crippen LogP contribution is -2.25. The quantitative estimate of drug-likeness (QED) is 0.144. The van der Waals surface area contributed by atoms with Crippen LogP contribution in [0.1, 0.15) is 22.5 Å². The first-order valence-electron chi connectivity index (χ1n) is 24.7. The Morgan fingerprint density at radius 1 is 0.264 bits per heavy atom. The Hall–Kier alpha value is -9.44. The number of anilines is 6. The summed E-state index contributed by atoms with van der Waals surface area (Å²) in [6, 6.07) is 101. The molecule has 0 saturated carbocycles. The van der Waals surface area contributed by atoms with E-state index in [4.69, 9.17) is 4.42 Å². The highest BCUT2D eigenvalue weighted by Crippen LogP contribution is 2.65. The summed E-state index contributed by atoms with van der Waals surface area (Å²) in [7, 11) is 0. The van der Waals surface area contributed by atoms with Crippen molar-refractivity contribution in [3.8, 4) is 55.6 Å². The number of para-hydroxylation sites is 4. The van der Waals surface area contributed by atoms with Gasteiger partial charge in [-0.25, -0.2) is 0 Å². The smallest absolute Gasteiger partial charge is 0.135 e. The van der Waals surface area contributed by atoms with Crippen molar-refractivity contribution >= 4 is 45.1 Å². The molecule has 1 spiro atoms. The van der Waals surface area contributed by atoms with Gasteiger partial charge in [0, 0.05) is 45.1 Å². The summed E-state index contributed by atoms with van der Waals surface area (Å²) in [4.78, 5) is 4.64. The molecule has 1 atom stereocenters. The predicted octanol–water partition coefficient (Wildman–Crippen LogP) is 18.7. The number of hydrogen-bond acceptors (Lipinski definition) is 3. The van der Waals surface area contributed by atoms with Gasteiger partial charge in [0.2, 0.25) is 0 Å². The van der Waals surface area contributed by atoms with Gasteiger partial charge in [0.1, 0.15) is 16.8 Å². The summed E-state index contributed by atoms with van der Waals surface area (Å²) >= 11 is 0. The van der Waals surface area contributed by atoms with E-state index in [0.717, 1.165) is 73.1 Å². The van der Waals surface area contributed by atoms with Crippen molar-refractivity contribution in [1.82, 2.24) is 0 Å². The molecule has 0 bridgehead atoms. The Bertz CT molecular complexity index is 3900. The lowest BCUT2D eigenvalue weighted by atomic mass is 9.72. The molecule has 1 unspecified atom stereocenters. The summed E-state index contributed by atoms with van der Waals surface area (Å²) in [5.74, 6) is 0.989. The number of rotatable bonds is 9. The minimum atomic E-state index is -0.686. The molecule has 72 heavy (non-hydrogen) atoms. The van der Waals surface area contributed by atoms with Crippen LogP contribution in [-0.4, -0.2) is 0 Å². The molecule has 0 saturated heterocycles. The molecule has 0 aliphatic heterocycles. The fourth-order valence-electron chi connectivity index (χ4n) is 11.6. The molecule has 2 aliphatic carbocycles. The molecule has 2 aliphatic rings. The Kier molecular flexibility index (Phi) is 9.75. The molecule has 11 aromatic carbocycles. The van der Waals surface area contributed by atoms with Gasteiger partial charge in [0.25, 0.3) is 0 Å². The number of fused-ring (bicyclic) bond motifs is 12. The van der Waals surface area contributed by atoms with Gasteiger partial charge in [-0.05, 0) is 158 Å². The highest BCUT2D eigenvalue weighted by atomic mass is 16.3. The molecule has 1 aromatic heterocycles. The molecule has 0 amide bonds. The normalized spacial score (nSPS) is 13.9. The molecule has 3 heteroatoms. The summed E-state index contributed by atoms with van der Waals surface area (Å²) in [6.07, 6.45) is 0. The first-order chi connectivity index (χ1) is 35.7. The number of furan rings is 1. The van der Waals surface area contributed by atoms with Crippen LogP contribution in [0, 0.1) is 0 Å². The van der Waals surface area contributed by atoms with Gasteiger partial charge in [0.15, 0.2) is 0 Å². The van der Waals surface area contributed by atoms with Crippen LogP contribution in [0.15, 0.2) is 283 Å². The molecule has 14 rings (SSSR count). The van der Waals surface area contributed by atoms with Crippen molar-refractivity contribution in [2.24, 2.45) is 0 Å². The molecule has 12 aromatic rings. The Balaban J connectivity index is 0.889. The largest absolute Gasteiger partial charge is 0.459 e. The van der Waals surface area contributed by atoms with Gasteiger partial charge < -0.3 is 14.2 Å². The molecule has 0 radical (unpaired) electrons. The molecular weight excluding hydrogens is 873 g/mol. The maximum absolute atomic E-state index is 7.21. The van der Waals surface area contributed by atoms with Gasteiger partial charge in [-0.3, -0.25) is 0 Å². The van der Waals surface area contributed by atoms with Crippen LogP contribution < -0.4 is 9.80 Å². The van der Waals surface area contributed by atoms with Crippen molar-refractivity contribution in [1.29, 1.82) is 0 Å². The highest BCUT2D eigenvalue weighted by Gasteiger charge is 2.55. The zero-order valence-corrected chi connectivity index (χ0v) is 39.4. The van der Waals surface area contributed by atoms with Crippen molar-refractivity contribution < 1.29 is 4.42 Å². The van der Waals surface area contributed by atoms with E-state index in [1.54, 1.807) is 0 Å². The van der Waals surface area contributed by atoms with Crippen molar-refractivity contribution in [2.45, 2.75) is 5.41 Å². The summed E-state index contributed by atoms with van der Waals surface area (Å²) in [6.45, 7) is 0. The zero-order valence-electron chi connectivity index (χ0n) is 39.4. The van der Waals surface area contributed by atoms with E-state index in [2.05, 4.69) is 289 Å². The molecule has 338 valence electrons. The minimum Gasteiger partial charge on any atom is -0.459 e. The van der Waals surface area contributed by atoms with Crippen molar-refractivity contribution in [2.75, 3.05) is 9.80 Å². The molecule has 0 fully saturated rings. The first-order valence-corrected chi connectivity index (χ1v) is 24.7. The van der Waals surface area contributed by atoms with Gasteiger partial charge in [0.05, 0.1) is 0 Å². The van der Waals surface area contributed by atoms with Gasteiger partial charge in [-0.15, -0.1) is 0 Å². The third kappa shape index (κ3) is 6.59. The second-order valence-corrected chi connectivity index (χ2v) is 18.8. The maximum Gasteiger partial charge on any atom is 0.135 e. The van der Waals surface area contributed by atoms with Crippen LogP contribution in [0.25, 0.3) is 66.6 Å². The SMILES string of the molecule is c1ccc(-c2ccc(N(c3ccccc3)c3ccc(-c4ccc5c(c4)C4(c6ccccc6-c6ccc(-c7ccc(N(c8ccccc8)c8ccccc8)cc7)cc64)c4oc6ccccc6c4-5)cc3)cc2)cc1. The van der Waals surface area contributed by atoms with E-state index in [0.29, 0.717) is 0 Å². The molecular formula is C69H46N2O. The fraction of sp³-hybridized carbons (Fsp3) is 0.0145. The van der Waals surface area contributed by atoms with E-state index in [-0.39, 0.29) is 0 Å². The first kappa shape index (κ1) is 41.5. The average molecular weight is 919 g/mol. The van der Waals surface area contributed by atoms with Gasteiger partial charge in [-0.1, -0.05) is 188 Å². The summed E-state index contributed by atoms with van der Waals surface area (Å²) < 4.78 is 7.21. The second kappa shape index (κ2) is 16.9. The fourth-order valence-corrected chi connectivity index (χ4v) is 11.6. The lowest BCUT2D eigenvalue weighted by molar-refractivity contribution is 0.507. The van der Waals surface area contributed by atoms with Crippen molar-refractivity contribution in [3.05, 3.63) is 302 Å². The third-order valence-electron chi connectivity index (χ3n) is 14.9. The van der Waals surface area contributed by atoms with Gasteiger partial charge >= 0.3 is 0 Å².